The SMILES string of the molecule is CC(C)C[C@@H]1CN(C2c3ccccc3CCc3ccccc32)n2ccc(=O)c(O)c2C(=O)N1. The van der Waals surface area contributed by atoms with Crippen LogP contribution >= 0.6 is 0 Å². The Labute approximate surface area is 193 Å². The lowest BCUT2D eigenvalue weighted by molar-refractivity contribution is 0.0929. The monoisotopic (exact) mass is 443 g/mol. The number of aromatic hydroxyl groups is 1. The Balaban J connectivity index is 1.76. The zero-order chi connectivity index (χ0) is 23.1. The second-order valence-corrected chi connectivity index (χ2v) is 9.44. The van der Waals surface area contributed by atoms with Gasteiger partial charge in [-0.1, -0.05) is 62.4 Å². The van der Waals surface area contributed by atoms with Gasteiger partial charge in [0, 0.05) is 18.3 Å². The van der Waals surface area contributed by atoms with Gasteiger partial charge < -0.3 is 10.4 Å². The molecule has 1 aliphatic carbocycles. The van der Waals surface area contributed by atoms with Crippen molar-refractivity contribution >= 4 is 5.91 Å². The molecule has 1 amide bonds. The van der Waals surface area contributed by atoms with Crippen molar-refractivity contribution < 1.29 is 9.90 Å². The summed E-state index contributed by atoms with van der Waals surface area (Å²) in [5.74, 6) is -0.560. The van der Waals surface area contributed by atoms with Gasteiger partial charge in [0.1, 0.15) is 0 Å². The molecule has 6 nitrogen and oxygen atoms in total. The van der Waals surface area contributed by atoms with Crippen molar-refractivity contribution in [2.75, 3.05) is 11.6 Å². The van der Waals surface area contributed by atoms with Crippen LogP contribution < -0.4 is 15.8 Å². The maximum atomic E-state index is 13.2. The third-order valence-corrected chi connectivity index (χ3v) is 6.71. The molecule has 5 rings (SSSR count). The van der Waals surface area contributed by atoms with Crippen LogP contribution in [0.15, 0.2) is 65.6 Å². The Hall–Kier alpha value is -3.54. The Bertz CT molecular complexity index is 1220. The molecule has 1 aromatic heterocycles. The number of carbonyl (C=O) groups is 1. The average molecular weight is 444 g/mol. The predicted octanol–water partition coefficient (Wildman–Crippen LogP) is 3.54. The summed E-state index contributed by atoms with van der Waals surface area (Å²) in [6.45, 7) is 4.81. The number of pyridine rings is 1. The Morgan fingerprint density at radius 1 is 0.970 bits per heavy atom. The maximum Gasteiger partial charge on any atom is 0.274 e. The van der Waals surface area contributed by atoms with Crippen LogP contribution in [0.25, 0.3) is 0 Å². The number of nitrogens with zero attached hydrogens (tertiary/aromatic N) is 2. The molecule has 1 aliphatic heterocycles. The van der Waals surface area contributed by atoms with E-state index in [4.69, 9.17) is 0 Å². The molecule has 3 aromatic rings. The van der Waals surface area contributed by atoms with Crippen LogP contribution in [0, 0.1) is 5.92 Å². The molecule has 0 saturated heterocycles. The van der Waals surface area contributed by atoms with Gasteiger partial charge >= 0.3 is 0 Å². The summed E-state index contributed by atoms with van der Waals surface area (Å²) in [5, 5.41) is 15.9. The van der Waals surface area contributed by atoms with Crippen LogP contribution in [-0.2, 0) is 12.8 Å². The third-order valence-electron chi connectivity index (χ3n) is 6.71. The van der Waals surface area contributed by atoms with E-state index in [1.807, 2.05) is 0 Å². The number of fused-ring (bicyclic) bond motifs is 3. The van der Waals surface area contributed by atoms with Crippen molar-refractivity contribution in [3.8, 4) is 5.75 Å². The van der Waals surface area contributed by atoms with Gasteiger partial charge in [0.25, 0.3) is 5.91 Å². The van der Waals surface area contributed by atoms with Gasteiger partial charge in [-0.25, -0.2) is 0 Å². The minimum Gasteiger partial charge on any atom is -0.502 e. The van der Waals surface area contributed by atoms with E-state index < -0.39 is 17.1 Å². The summed E-state index contributed by atoms with van der Waals surface area (Å²) >= 11 is 0. The minimum atomic E-state index is -0.555. The standard InChI is InChI=1S/C27H29N3O3/c1-17(2)15-20-16-30(29-14-13-23(31)26(32)25(29)27(33)28-20)24-21-9-5-3-7-18(21)11-12-19-8-4-6-10-22(19)24/h3-10,13-14,17,20,24,32H,11-12,15-16H2,1-2H3,(H,28,33)/t20-/m1/s1. The molecule has 2 N–H and O–H groups in total. The minimum absolute atomic E-state index is 0.00651. The molecule has 0 fully saturated rings. The number of hydrogen-bond donors (Lipinski definition) is 2. The fraction of sp³-hybridized carbons (Fsp3) is 0.333. The lowest BCUT2D eigenvalue weighted by Crippen LogP contribution is -2.46. The van der Waals surface area contributed by atoms with Crippen molar-refractivity contribution in [2.24, 2.45) is 5.92 Å². The van der Waals surface area contributed by atoms with E-state index in [1.54, 1.807) is 10.9 Å². The lowest BCUT2D eigenvalue weighted by Gasteiger charge is -2.38. The molecular weight excluding hydrogens is 414 g/mol. The van der Waals surface area contributed by atoms with E-state index in [-0.39, 0.29) is 17.8 Å². The number of benzene rings is 2. The summed E-state index contributed by atoms with van der Waals surface area (Å²) < 4.78 is 1.69. The van der Waals surface area contributed by atoms with E-state index in [0.29, 0.717) is 12.5 Å². The second-order valence-electron chi connectivity index (χ2n) is 9.44. The molecule has 2 aromatic carbocycles. The highest BCUT2D eigenvalue weighted by Gasteiger charge is 2.36. The molecule has 1 atom stereocenters. The van der Waals surface area contributed by atoms with Crippen molar-refractivity contribution in [1.29, 1.82) is 0 Å². The van der Waals surface area contributed by atoms with E-state index >= 15 is 0 Å². The summed E-state index contributed by atoms with van der Waals surface area (Å²) in [5.41, 5.74) is 4.35. The van der Waals surface area contributed by atoms with Gasteiger partial charge in [0.2, 0.25) is 5.43 Å². The van der Waals surface area contributed by atoms with Gasteiger partial charge in [0.05, 0.1) is 12.6 Å². The molecule has 0 unspecified atom stereocenters. The molecule has 6 heteroatoms. The zero-order valence-corrected chi connectivity index (χ0v) is 19.0. The van der Waals surface area contributed by atoms with Gasteiger partial charge in [0.15, 0.2) is 11.4 Å². The molecule has 0 bridgehead atoms. The van der Waals surface area contributed by atoms with Crippen LogP contribution in [-0.4, -0.2) is 28.3 Å². The fourth-order valence-corrected chi connectivity index (χ4v) is 5.30. The zero-order valence-electron chi connectivity index (χ0n) is 19.0. The molecule has 33 heavy (non-hydrogen) atoms. The van der Waals surface area contributed by atoms with E-state index in [1.165, 1.54) is 28.3 Å². The molecule has 0 saturated carbocycles. The highest BCUT2D eigenvalue weighted by atomic mass is 16.3. The first-order valence-corrected chi connectivity index (χ1v) is 11.6. The topological polar surface area (TPSA) is 74.6 Å². The van der Waals surface area contributed by atoms with Crippen molar-refractivity contribution in [1.82, 2.24) is 9.99 Å². The predicted molar refractivity (Wildman–Crippen MR) is 128 cm³/mol. The molecule has 0 radical (unpaired) electrons. The number of nitrogens with one attached hydrogen (secondary N) is 1. The number of aromatic nitrogens is 1. The summed E-state index contributed by atoms with van der Waals surface area (Å²) in [6, 6.07) is 17.9. The third kappa shape index (κ3) is 3.80. The number of aryl methyl sites for hydroxylation is 2. The number of hydrogen-bond acceptors (Lipinski definition) is 4. The second kappa shape index (κ2) is 8.43. The molecule has 2 aliphatic rings. The van der Waals surface area contributed by atoms with Crippen LogP contribution in [0.1, 0.15) is 59.1 Å². The van der Waals surface area contributed by atoms with E-state index in [2.05, 4.69) is 72.7 Å². The first kappa shape index (κ1) is 21.3. The van der Waals surface area contributed by atoms with Crippen molar-refractivity contribution in [3.63, 3.8) is 0 Å². The Morgan fingerprint density at radius 3 is 2.18 bits per heavy atom. The summed E-state index contributed by atoms with van der Waals surface area (Å²) in [6.07, 6.45) is 4.28. The molecule has 0 spiro atoms. The van der Waals surface area contributed by atoms with Crippen LogP contribution in [0.3, 0.4) is 0 Å². The van der Waals surface area contributed by atoms with Crippen LogP contribution in [0.4, 0.5) is 0 Å². The quantitative estimate of drug-likeness (QED) is 0.649. The number of carbonyl (C=O) groups excluding carboxylic acids is 1. The van der Waals surface area contributed by atoms with Crippen LogP contribution in [0.2, 0.25) is 0 Å². The normalized spacial score (nSPS) is 18.1. The Kier molecular flexibility index (Phi) is 5.44. The Morgan fingerprint density at radius 2 is 1.58 bits per heavy atom. The van der Waals surface area contributed by atoms with Gasteiger partial charge in [-0.3, -0.25) is 19.3 Å². The van der Waals surface area contributed by atoms with E-state index in [9.17, 15) is 14.7 Å². The van der Waals surface area contributed by atoms with Gasteiger partial charge in [-0.2, -0.15) is 0 Å². The van der Waals surface area contributed by atoms with Crippen LogP contribution in [0.5, 0.6) is 5.75 Å². The van der Waals surface area contributed by atoms with Crippen molar-refractivity contribution in [3.05, 3.63) is 99.0 Å². The first-order chi connectivity index (χ1) is 15.9. The smallest absolute Gasteiger partial charge is 0.274 e. The highest BCUT2D eigenvalue weighted by molar-refractivity contribution is 5.95. The summed E-state index contributed by atoms with van der Waals surface area (Å²) in [7, 11) is 0. The highest BCUT2D eigenvalue weighted by Crippen LogP contribution is 2.37. The average Bonchev–Trinajstić information content (AvgIpc) is 3.03. The van der Waals surface area contributed by atoms with Gasteiger partial charge in [-0.05, 0) is 47.4 Å². The molecular formula is C27H29N3O3. The summed E-state index contributed by atoms with van der Waals surface area (Å²) in [4.78, 5) is 25.5. The number of amides is 1. The first-order valence-electron chi connectivity index (χ1n) is 11.6. The maximum absolute atomic E-state index is 13.2. The van der Waals surface area contributed by atoms with Crippen molar-refractivity contribution in [2.45, 2.75) is 45.2 Å². The number of rotatable bonds is 3. The molecule has 170 valence electrons. The largest absolute Gasteiger partial charge is 0.502 e. The lowest BCUT2D eigenvalue weighted by atomic mass is 9.93. The van der Waals surface area contributed by atoms with E-state index in [0.717, 1.165) is 19.3 Å². The van der Waals surface area contributed by atoms with Gasteiger partial charge in [-0.15, -0.1) is 0 Å². The molecule has 2 heterocycles. The fourth-order valence-electron chi connectivity index (χ4n) is 5.30.